The van der Waals surface area contributed by atoms with Gasteiger partial charge in [-0.3, -0.25) is 4.79 Å². The fourth-order valence-electron chi connectivity index (χ4n) is 3.85. The Morgan fingerprint density at radius 3 is 2.30 bits per heavy atom. The van der Waals surface area contributed by atoms with Crippen molar-refractivity contribution < 1.29 is 4.79 Å². The molecule has 1 saturated carbocycles. The van der Waals surface area contributed by atoms with Crippen LogP contribution in [0.5, 0.6) is 0 Å². The first-order chi connectivity index (χ1) is 9.68. The Bertz CT molecular complexity index is 291. The number of rotatable bonds is 4. The first-order valence-electron chi connectivity index (χ1n) is 8.65. The van der Waals surface area contributed by atoms with E-state index in [0.717, 1.165) is 25.4 Å². The van der Waals surface area contributed by atoms with Gasteiger partial charge in [0.2, 0.25) is 5.91 Å². The molecule has 1 unspecified atom stereocenters. The van der Waals surface area contributed by atoms with E-state index in [2.05, 4.69) is 17.1 Å². The van der Waals surface area contributed by atoms with Crippen LogP contribution in [0.3, 0.4) is 0 Å². The molecule has 0 aromatic heterocycles. The molecule has 1 atom stereocenters. The minimum Gasteiger partial charge on any atom is -0.343 e. The van der Waals surface area contributed by atoms with Gasteiger partial charge in [0.15, 0.2) is 0 Å². The second-order valence-electron chi connectivity index (χ2n) is 6.92. The van der Waals surface area contributed by atoms with E-state index >= 15 is 0 Å². The van der Waals surface area contributed by atoms with Crippen molar-refractivity contribution in [3.8, 4) is 0 Å². The maximum absolute atomic E-state index is 12.5. The molecule has 0 radical (unpaired) electrons. The third kappa shape index (κ3) is 4.47. The second-order valence-corrected chi connectivity index (χ2v) is 6.92. The summed E-state index contributed by atoms with van der Waals surface area (Å²) in [7, 11) is 2.04. The minimum absolute atomic E-state index is 0.378. The van der Waals surface area contributed by atoms with Crippen molar-refractivity contribution in [2.75, 3.05) is 20.1 Å². The van der Waals surface area contributed by atoms with Gasteiger partial charge in [-0.05, 0) is 50.6 Å². The summed E-state index contributed by atoms with van der Waals surface area (Å²) in [5, 5.41) is 3.41. The van der Waals surface area contributed by atoms with E-state index in [-0.39, 0.29) is 0 Å². The monoisotopic (exact) mass is 280 g/mol. The van der Waals surface area contributed by atoms with Gasteiger partial charge in [-0.1, -0.05) is 32.6 Å². The predicted octanol–water partition coefficient (Wildman–Crippen LogP) is 3.19. The molecule has 0 aromatic carbocycles. The van der Waals surface area contributed by atoms with Gasteiger partial charge in [0, 0.05) is 19.5 Å². The van der Waals surface area contributed by atoms with Crippen LogP contribution >= 0.6 is 0 Å². The van der Waals surface area contributed by atoms with Crippen molar-refractivity contribution in [1.82, 2.24) is 10.2 Å². The molecule has 1 aliphatic heterocycles. The summed E-state index contributed by atoms with van der Waals surface area (Å²) < 4.78 is 0. The first kappa shape index (κ1) is 15.8. The van der Waals surface area contributed by atoms with E-state index in [4.69, 9.17) is 0 Å². The molecule has 116 valence electrons. The largest absolute Gasteiger partial charge is 0.343 e. The van der Waals surface area contributed by atoms with Crippen molar-refractivity contribution in [3.63, 3.8) is 0 Å². The van der Waals surface area contributed by atoms with Gasteiger partial charge in [0.25, 0.3) is 0 Å². The first-order valence-corrected chi connectivity index (χ1v) is 8.65. The second kappa shape index (κ2) is 8.02. The Balaban J connectivity index is 1.79. The van der Waals surface area contributed by atoms with E-state index < -0.39 is 0 Å². The average molecular weight is 280 g/mol. The van der Waals surface area contributed by atoms with E-state index in [9.17, 15) is 4.79 Å². The van der Waals surface area contributed by atoms with Crippen LogP contribution in [0.15, 0.2) is 0 Å². The minimum atomic E-state index is 0.378. The molecule has 2 fully saturated rings. The zero-order valence-corrected chi connectivity index (χ0v) is 13.4. The Kier molecular flexibility index (Phi) is 6.34. The fourth-order valence-corrected chi connectivity index (χ4v) is 3.85. The summed E-state index contributed by atoms with van der Waals surface area (Å²) in [4.78, 5) is 14.6. The van der Waals surface area contributed by atoms with Crippen LogP contribution in [0.25, 0.3) is 0 Å². The summed E-state index contributed by atoms with van der Waals surface area (Å²) >= 11 is 0. The Morgan fingerprint density at radius 2 is 1.70 bits per heavy atom. The standard InChI is InChI=1S/C17H32N2O/c1-14(15-9-11-18-12-10-15)13-17(20)19(2)16-7-5-3-4-6-8-16/h14-16,18H,3-13H2,1-2H3. The van der Waals surface area contributed by atoms with Crippen LogP contribution in [0.1, 0.15) is 64.7 Å². The third-order valence-corrected chi connectivity index (χ3v) is 5.45. The highest BCUT2D eigenvalue weighted by atomic mass is 16.2. The highest BCUT2D eigenvalue weighted by molar-refractivity contribution is 5.76. The lowest BCUT2D eigenvalue weighted by Crippen LogP contribution is -2.39. The summed E-state index contributed by atoms with van der Waals surface area (Å²) in [5.74, 6) is 1.66. The van der Waals surface area contributed by atoms with E-state index in [1.807, 2.05) is 7.05 Å². The SMILES string of the molecule is CC(CC(=O)N(C)C1CCCCCC1)C1CCNCC1. The highest BCUT2D eigenvalue weighted by Crippen LogP contribution is 2.26. The molecule has 2 rings (SSSR count). The maximum atomic E-state index is 12.5. The van der Waals surface area contributed by atoms with Gasteiger partial charge in [-0.2, -0.15) is 0 Å². The molecule has 1 saturated heterocycles. The number of nitrogens with one attached hydrogen (secondary N) is 1. The molecular formula is C17H32N2O. The van der Waals surface area contributed by atoms with Crippen molar-refractivity contribution in [2.45, 2.75) is 70.8 Å². The van der Waals surface area contributed by atoms with Crippen molar-refractivity contribution in [2.24, 2.45) is 11.8 Å². The summed E-state index contributed by atoms with van der Waals surface area (Å²) in [6.07, 6.45) is 10.9. The molecule has 3 nitrogen and oxygen atoms in total. The zero-order valence-electron chi connectivity index (χ0n) is 13.4. The van der Waals surface area contributed by atoms with Gasteiger partial charge in [0.1, 0.15) is 0 Å². The summed E-state index contributed by atoms with van der Waals surface area (Å²) in [6, 6.07) is 0.505. The molecule has 1 amide bonds. The Labute approximate surface area is 124 Å². The average Bonchev–Trinajstić information content (AvgIpc) is 2.76. The zero-order chi connectivity index (χ0) is 14.4. The number of amides is 1. The van der Waals surface area contributed by atoms with Gasteiger partial charge < -0.3 is 10.2 Å². The number of hydrogen-bond acceptors (Lipinski definition) is 2. The summed E-state index contributed by atoms with van der Waals surface area (Å²) in [5.41, 5.74) is 0. The molecule has 2 aliphatic rings. The van der Waals surface area contributed by atoms with Crippen LogP contribution in [0, 0.1) is 11.8 Å². The molecule has 3 heteroatoms. The molecule has 0 bridgehead atoms. The van der Waals surface area contributed by atoms with Gasteiger partial charge in [0.05, 0.1) is 0 Å². The van der Waals surface area contributed by atoms with Crippen molar-refractivity contribution in [1.29, 1.82) is 0 Å². The van der Waals surface area contributed by atoms with Crippen LogP contribution in [-0.2, 0) is 4.79 Å². The lowest BCUT2D eigenvalue weighted by molar-refractivity contribution is -0.133. The molecule has 0 spiro atoms. The highest BCUT2D eigenvalue weighted by Gasteiger charge is 2.26. The van der Waals surface area contributed by atoms with Crippen LogP contribution in [0.4, 0.5) is 0 Å². The topological polar surface area (TPSA) is 32.3 Å². The van der Waals surface area contributed by atoms with Gasteiger partial charge >= 0.3 is 0 Å². The smallest absolute Gasteiger partial charge is 0.222 e. The van der Waals surface area contributed by atoms with Crippen molar-refractivity contribution >= 4 is 5.91 Å². The van der Waals surface area contributed by atoms with Gasteiger partial charge in [-0.15, -0.1) is 0 Å². The quantitative estimate of drug-likeness (QED) is 0.802. The predicted molar refractivity (Wildman–Crippen MR) is 83.6 cm³/mol. The molecular weight excluding hydrogens is 248 g/mol. The Hall–Kier alpha value is -0.570. The van der Waals surface area contributed by atoms with Crippen LogP contribution in [-0.4, -0.2) is 37.0 Å². The number of carbonyl (C=O) groups is 1. The third-order valence-electron chi connectivity index (χ3n) is 5.45. The van der Waals surface area contributed by atoms with Gasteiger partial charge in [-0.25, -0.2) is 0 Å². The summed E-state index contributed by atoms with van der Waals surface area (Å²) in [6.45, 7) is 4.53. The maximum Gasteiger partial charge on any atom is 0.222 e. The fraction of sp³-hybridized carbons (Fsp3) is 0.941. The molecule has 1 N–H and O–H groups in total. The number of carbonyl (C=O) groups excluding carboxylic acids is 1. The van der Waals surface area contributed by atoms with E-state index in [0.29, 0.717) is 17.9 Å². The normalized spacial score (nSPS) is 24.1. The van der Waals surface area contributed by atoms with E-state index in [1.54, 1.807) is 0 Å². The Morgan fingerprint density at radius 1 is 1.10 bits per heavy atom. The molecule has 1 aliphatic carbocycles. The lowest BCUT2D eigenvalue weighted by atomic mass is 9.84. The molecule has 1 heterocycles. The molecule has 20 heavy (non-hydrogen) atoms. The van der Waals surface area contributed by atoms with Crippen LogP contribution < -0.4 is 5.32 Å². The molecule has 0 aromatic rings. The number of piperidine rings is 1. The lowest BCUT2D eigenvalue weighted by Gasteiger charge is -2.32. The van der Waals surface area contributed by atoms with E-state index in [1.165, 1.54) is 51.4 Å². The number of nitrogens with zero attached hydrogens (tertiary/aromatic N) is 1. The number of hydrogen-bond donors (Lipinski definition) is 1. The van der Waals surface area contributed by atoms with Crippen LogP contribution in [0.2, 0.25) is 0 Å². The van der Waals surface area contributed by atoms with Crippen molar-refractivity contribution in [3.05, 3.63) is 0 Å².